The highest BCUT2D eigenvalue weighted by Gasteiger charge is 2.24. The molecular weight excluding hydrogens is 162 g/mol. The highest BCUT2D eigenvalue weighted by Crippen LogP contribution is 2.12. The minimum absolute atomic E-state index is 0.0166. The number of nitrogens with zero attached hydrogens (tertiary/aromatic N) is 2. The Kier molecular flexibility index (Phi) is 3.71. The first-order valence-electron chi connectivity index (χ1n) is 5.03. The average Bonchev–Trinajstić information content (AvgIpc) is 2.52. The zero-order chi connectivity index (χ0) is 9.84. The molecule has 0 radical (unpaired) electrons. The Morgan fingerprint density at radius 1 is 1.46 bits per heavy atom. The van der Waals surface area contributed by atoms with E-state index in [4.69, 9.17) is 5.26 Å². The van der Waals surface area contributed by atoms with Gasteiger partial charge in [-0.05, 0) is 33.7 Å². The van der Waals surface area contributed by atoms with Crippen molar-refractivity contribution in [1.29, 1.82) is 5.26 Å². The first-order valence-corrected chi connectivity index (χ1v) is 5.03. The smallest absolute Gasteiger partial charge is 0.0927 e. The molecule has 1 N–H and O–H groups in total. The number of rotatable bonds is 3. The Balaban J connectivity index is 2.30. The molecule has 0 aromatic heterocycles. The van der Waals surface area contributed by atoms with Gasteiger partial charge < -0.3 is 0 Å². The standard InChI is InChI=1S/C10H19N3/c1-8(2)13-5-4-10(7-13)12-9(3)6-11/h8-10,12H,4-5,7H2,1-3H3. The van der Waals surface area contributed by atoms with Gasteiger partial charge in [0, 0.05) is 18.6 Å². The molecule has 1 rings (SSSR count). The third kappa shape index (κ3) is 2.98. The van der Waals surface area contributed by atoms with Crippen molar-refractivity contribution in [2.75, 3.05) is 13.1 Å². The van der Waals surface area contributed by atoms with Crippen LogP contribution in [-0.2, 0) is 0 Å². The van der Waals surface area contributed by atoms with Gasteiger partial charge in [-0.3, -0.25) is 10.2 Å². The second-order valence-corrected chi connectivity index (χ2v) is 4.09. The molecule has 2 unspecified atom stereocenters. The monoisotopic (exact) mass is 181 g/mol. The Bertz CT molecular complexity index is 195. The number of likely N-dealkylation sites (tertiary alicyclic amines) is 1. The molecule has 2 atom stereocenters. The molecule has 3 nitrogen and oxygen atoms in total. The third-order valence-corrected chi connectivity index (χ3v) is 2.63. The van der Waals surface area contributed by atoms with Crippen LogP contribution in [-0.4, -0.2) is 36.1 Å². The van der Waals surface area contributed by atoms with Crippen LogP contribution in [0.15, 0.2) is 0 Å². The van der Waals surface area contributed by atoms with Crippen molar-refractivity contribution >= 4 is 0 Å². The van der Waals surface area contributed by atoms with Gasteiger partial charge in [-0.25, -0.2) is 0 Å². The second kappa shape index (κ2) is 4.59. The first-order chi connectivity index (χ1) is 6.13. The van der Waals surface area contributed by atoms with Gasteiger partial charge in [0.1, 0.15) is 0 Å². The molecule has 1 heterocycles. The van der Waals surface area contributed by atoms with Gasteiger partial charge in [0.05, 0.1) is 12.1 Å². The maximum Gasteiger partial charge on any atom is 0.0927 e. The van der Waals surface area contributed by atoms with Crippen molar-refractivity contribution in [3.8, 4) is 6.07 Å². The van der Waals surface area contributed by atoms with Crippen LogP contribution in [0.2, 0.25) is 0 Å². The summed E-state index contributed by atoms with van der Waals surface area (Å²) >= 11 is 0. The van der Waals surface area contributed by atoms with Gasteiger partial charge in [-0.15, -0.1) is 0 Å². The van der Waals surface area contributed by atoms with E-state index in [1.54, 1.807) is 0 Å². The largest absolute Gasteiger partial charge is 0.299 e. The summed E-state index contributed by atoms with van der Waals surface area (Å²) in [6.45, 7) is 8.60. The maximum atomic E-state index is 8.64. The van der Waals surface area contributed by atoms with Crippen LogP contribution in [0.25, 0.3) is 0 Å². The van der Waals surface area contributed by atoms with Crippen molar-refractivity contribution in [1.82, 2.24) is 10.2 Å². The minimum atomic E-state index is -0.0166. The van der Waals surface area contributed by atoms with Crippen molar-refractivity contribution < 1.29 is 0 Å². The van der Waals surface area contributed by atoms with E-state index in [2.05, 4.69) is 30.1 Å². The molecule has 0 spiro atoms. The number of nitriles is 1. The number of hydrogen-bond donors (Lipinski definition) is 1. The van der Waals surface area contributed by atoms with Gasteiger partial charge >= 0.3 is 0 Å². The lowest BCUT2D eigenvalue weighted by atomic mass is 10.2. The summed E-state index contributed by atoms with van der Waals surface area (Å²) in [7, 11) is 0. The van der Waals surface area contributed by atoms with E-state index in [0.717, 1.165) is 13.1 Å². The molecule has 0 amide bonds. The topological polar surface area (TPSA) is 39.1 Å². The highest BCUT2D eigenvalue weighted by molar-refractivity contribution is 4.91. The minimum Gasteiger partial charge on any atom is -0.299 e. The van der Waals surface area contributed by atoms with E-state index >= 15 is 0 Å². The number of nitrogens with one attached hydrogen (secondary N) is 1. The van der Waals surface area contributed by atoms with Gasteiger partial charge in [-0.1, -0.05) is 0 Å². The van der Waals surface area contributed by atoms with Gasteiger partial charge in [0.15, 0.2) is 0 Å². The Hall–Kier alpha value is -0.590. The van der Waals surface area contributed by atoms with Crippen LogP contribution in [0.5, 0.6) is 0 Å². The van der Waals surface area contributed by atoms with E-state index in [1.165, 1.54) is 6.42 Å². The normalized spacial score (nSPS) is 26.2. The molecule has 1 fully saturated rings. The zero-order valence-electron chi connectivity index (χ0n) is 8.75. The summed E-state index contributed by atoms with van der Waals surface area (Å²) in [6.07, 6.45) is 1.17. The Morgan fingerprint density at radius 2 is 2.15 bits per heavy atom. The van der Waals surface area contributed by atoms with Crippen LogP contribution in [0.3, 0.4) is 0 Å². The predicted molar refractivity (Wildman–Crippen MR) is 53.3 cm³/mol. The Morgan fingerprint density at radius 3 is 2.62 bits per heavy atom. The van der Waals surface area contributed by atoms with Crippen molar-refractivity contribution in [3.63, 3.8) is 0 Å². The zero-order valence-corrected chi connectivity index (χ0v) is 8.75. The van der Waals surface area contributed by atoms with Gasteiger partial charge in [0.2, 0.25) is 0 Å². The molecule has 0 saturated carbocycles. The van der Waals surface area contributed by atoms with Crippen molar-refractivity contribution in [2.24, 2.45) is 0 Å². The lowest BCUT2D eigenvalue weighted by molar-refractivity contribution is 0.267. The maximum absolute atomic E-state index is 8.64. The SMILES string of the molecule is CC(C#N)NC1CCN(C(C)C)C1. The van der Waals surface area contributed by atoms with Gasteiger partial charge in [0.25, 0.3) is 0 Å². The van der Waals surface area contributed by atoms with Crippen LogP contribution in [0.1, 0.15) is 27.2 Å². The first kappa shape index (κ1) is 10.5. The third-order valence-electron chi connectivity index (χ3n) is 2.63. The average molecular weight is 181 g/mol. The van der Waals surface area contributed by atoms with Crippen LogP contribution >= 0.6 is 0 Å². The molecule has 0 aromatic carbocycles. The molecule has 0 aromatic rings. The summed E-state index contributed by atoms with van der Waals surface area (Å²) in [6, 6.07) is 3.33. The Labute approximate surface area is 80.7 Å². The summed E-state index contributed by atoms with van der Waals surface area (Å²) in [5, 5.41) is 12.0. The van der Waals surface area contributed by atoms with E-state index < -0.39 is 0 Å². The predicted octanol–water partition coefficient (Wildman–Crippen LogP) is 0.971. The molecule has 3 heteroatoms. The molecule has 13 heavy (non-hydrogen) atoms. The fourth-order valence-electron chi connectivity index (χ4n) is 1.78. The molecule has 0 aliphatic carbocycles. The van der Waals surface area contributed by atoms with Crippen molar-refractivity contribution in [3.05, 3.63) is 0 Å². The lowest BCUT2D eigenvalue weighted by Crippen LogP contribution is -2.39. The van der Waals surface area contributed by atoms with Gasteiger partial charge in [-0.2, -0.15) is 5.26 Å². The summed E-state index contributed by atoms with van der Waals surface area (Å²) < 4.78 is 0. The molecule has 1 saturated heterocycles. The molecule has 1 aliphatic heterocycles. The second-order valence-electron chi connectivity index (χ2n) is 4.09. The van der Waals surface area contributed by atoms with Crippen molar-refractivity contribution in [2.45, 2.75) is 45.3 Å². The molecule has 1 aliphatic rings. The summed E-state index contributed by atoms with van der Waals surface area (Å²) in [4.78, 5) is 2.45. The highest BCUT2D eigenvalue weighted by atomic mass is 15.2. The summed E-state index contributed by atoms with van der Waals surface area (Å²) in [5.74, 6) is 0. The van der Waals surface area contributed by atoms with E-state index in [-0.39, 0.29) is 6.04 Å². The van der Waals surface area contributed by atoms with Crippen LogP contribution in [0.4, 0.5) is 0 Å². The molecular formula is C10H19N3. The fraction of sp³-hybridized carbons (Fsp3) is 0.900. The fourth-order valence-corrected chi connectivity index (χ4v) is 1.78. The van der Waals surface area contributed by atoms with Crippen LogP contribution < -0.4 is 5.32 Å². The van der Waals surface area contributed by atoms with E-state index in [1.807, 2.05) is 6.92 Å². The van der Waals surface area contributed by atoms with E-state index in [0.29, 0.717) is 12.1 Å². The summed E-state index contributed by atoms with van der Waals surface area (Å²) in [5.41, 5.74) is 0. The van der Waals surface area contributed by atoms with E-state index in [9.17, 15) is 0 Å². The van der Waals surface area contributed by atoms with Crippen LogP contribution in [0, 0.1) is 11.3 Å². The molecule has 0 bridgehead atoms. The lowest BCUT2D eigenvalue weighted by Gasteiger charge is -2.20. The quantitative estimate of drug-likeness (QED) is 0.705. The molecule has 74 valence electrons. The number of hydrogen-bond acceptors (Lipinski definition) is 3.